The van der Waals surface area contributed by atoms with Crippen molar-refractivity contribution in [3.8, 4) is 0 Å². The molecule has 0 spiro atoms. The van der Waals surface area contributed by atoms with Gasteiger partial charge in [-0.2, -0.15) is 5.10 Å². The zero-order valence-corrected chi connectivity index (χ0v) is 11.3. The van der Waals surface area contributed by atoms with Gasteiger partial charge in [0.05, 0.1) is 6.21 Å². The number of hydrogen-bond donors (Lipinski definition) is 2. The van der Waals surface area contributed by atoms with Crippen LogP contribution >= 0.6 is 12.2 Å². The van der Waals surface area contributed by atoms with Crippen LogP contribution in [-0.4, -0.2) is 22.4 Å². The zero-order valence-electron chi connectivity index (χ0n) is 10.5. The molecule has 3 atom stereocenters. The van der Waals surface area contributed by atoms with Crippen molar-refractivity contribution in [2.24, 2.45) is 16.9 Å². The third kappa shape index (κ3) is 2.98. The van der Waals surface area contributed by atoms with Crippen LogP contribution in [-0.2, 0) is 0 Å². The van der Waals surface area contributed by atoms with E-state index >= 15 is 0 Å². The van der Waals surface area contributed by atoms with Crippen LogP contribution in [0.4, 0.5) is 0 Å². The molecule has 4 nitrogen and oxygen atoms in total. The lowest BCUT2D eigenvalue weighted by Gasteiger charge is -2.20. The molecule has 0 radical (unpaired) electrons. The molecule has 0 aromatic carbocycles. The van der Waals surface area contributed by atoms with Crippen molar-refractivity contribution in [3.05, 3.63) is 42.2 Å². The monoisotopic (exact) mass is 272 g/mol. The lowest BCUT2D eigenvalue weighted by atomic mass is 10.0. The van der Waals surface area contributed by atoms with E-state index in [4.69, 9.17) is 12.2 Å². The summed E-state index contributed by atoms with van der Waals surface area (Å²) in [5, 5.41) is 8.03. The summed E-state index contributed by atoms with van der Waals surface area (Å²) in [7, 11) is 0. The van der Waals surface area contributed by atoms with Crippen LogP contribution < -0.4 is 10.7 Å². The molecule has 3 rings (SSSR count). The lowest BCUT2D eigenvalue weighted by molar-refractivity contribution is 0.521. The molecule has 1 saturated carbocycles. The Hall–Kier alpha value is -1.75. The van der Waals surface area contributed by atoms with Crippen LogP contribution in [0.2, 0.25) is 0 Å². The molecule has 5 heteroatoms. The van der Waals surface area contributed by atoms with Crippen molar-refractivity contribution in [1.29, 1.82) is 0 Å². The third-order valence-corrected chi connectivity index (χ3v) is 3.87. The van der Waals surface area contributed by atoms with Gasteiger partial charge in [0.25, 0.3) is 0 Å². The highest BCUT2D eigenvalue weighted by atomic mass is 32.1. The fourth-order valence-electron chi connectivity index (χ4n) is 2.77. The molecule has 2 N–H and O–H groups in total. The summed E-state index contributed by atoms with van der Waals surface area (Å²) in [6, 6.07) is 4.28. The van der Waals surface area contributed by atoms with Crippen LogP contribution in [0.3, 0.4) is 0 Å². The van der Waals surface area contributed by atoms with E-state index in [2.05, 4.69) is 33.0 Å². The Balaban J connectivity index is 1.47. The van der Waals surface area contributed by atoms with E-state index in [0.29, 0.717) is 17.1 Å². The van der Waals surface area contributed by atoms with Gasteiger partial charge in [0, 0.05) is 24.0 Å². The van der Waals surface area contributed by atoms with Gasteiger partial charge in [0.15, 0.2) is 5.11 Å². The summed E-state index contributed by atoms with van der Waals surface area (Å²) in [6.07, 6.45) is 12.3. The van der Waals surface area contributed by atoms with Crippen molar-refractivity contribution >= 4 is 23.5 Å². The van der Waals surface area contributed by atoms with Gasteiger partial charge < -0.3 is 5.32 Å². The number of pyridine rings is 1. The molecule has 0 amide bonds. The highest BCUT2D eigenvalue weighted by Gasteiger charge is 2.35. The molecule has 0 saturated heterocycles. The van der Waals surface area contributed by atoms with Crippen molar-refractivity contribution in [3.63, 3.8) is 0 Å². The first-order valence-electron chi connectivity index (χ1n) is 6.49. The van der Waals surface area contributed by atoms with Gasteiger partial charge in [-0.05, 0) is 43.0 Å². The minimum absolute atomic E-state index is 0.462. The molecule has 3 unspecified atom stereocenters. The Morgan fingerprint density at radius 2 is 2.37 bits per heavy atom. The second kappa shape index (κ2) is 5.48. The van der Waals surface area contributed by atoms with Crippen molar-refractivity contribution < 1.29 is 0 Å². The molecule has 1 fully saturated rings. The SMILES string of the molecule is S=C(N/N=C/c1cccnc1)NC1CC2C=CC1C2. The lowest BCUT2D eigenvalue weighted by Crippen LogP contribution is -2.42. The third-order valence-electron chi connectivity index (χ3n) is 3.66. The Bertz CT molecular complexity index is 511. The average Bonchev–Trinajstić information content (AvgIpc) is 3.02. The van der Waals surface area contributed by atoms with E-state index < -0.39 is 0 Å². The minimum Gasteiger partial charge on any atom is -0.358 e. The topological polar surface area (TPSA) is 49.3 Å². The number of rotatable bonds is 3. The van der Waals surface area contributed by atoms with Crippen LogP contribution in [0.15, 0.2) is 41.8 Å². The number of hydrogen-bond acceptors (Lipinski definition) is 3. The number of nitrogens with zero attached hydrogens (tertiary/aromatic N) is 2. The molecule has 98 valence electrons. The van der Waals surface area contributed by atoms with Gasteiger partial charge in [-0.1, -0.05) is 18.2 Å². The predicted molar refractivity (Wildman–Crippen MR) is 79.8 cm³/mol. The standard InChI is InChI=1S/C14H16N4S/c19-14(17-13-7-10-3-4-12(13)6-10)18-16-9-11-2-1-5-15-8-11/h1-5,8-10,12-13H,6-7H2,(H2,17,18,19)/b16-9+. The second-order valence-electron chi connectivity index (χ2n) is 5.02. The smallest absolute Gasteiger partial charge is 0.187 e. The summed E-state index contributed by atoms with van der Waals surface area (Å²) >= 11 is 5.25. The van der Waals surface area contributed by atoms with E-state index in [-0.39, 0.29) is 0 Å². The molecule has 0 aliphatic heterocycles. The van der Waals surface area contributed by atoms with Gasteiger partial charge >= 0.3 is 0 Å². The van der Waals surface area contributed by atoms with Crippen LogP contribution in [0.25, 0.3) is 0 Å². The van der Waals surface area contributed by atoms with Crippen LogP contribution in [0, 0.1) is 11.8 Å². The molecule has 1 aromatic heterocycles. The van der Waals surface area contributed by atoms with Gasteiger partial charge in [-0.15, -0.1) is 0 Å². The Kier molecular flexibility index (Phi) is 3.55. The van der Waals surface area contributed by atoms with E-state index in [9.17, 15) is 0 Å². The number of nitrogens with one attached hydrogen (secondary N) is 2. The first-order chi connectivity index (χ1) is 9.31. The summed E-state index contributed by atoms with van der Waals surface area (Å²) in [5.41, 5.74) is 3.80. The summed E-state index contributed by atoms with van der Waals surface area (Å²) in [6.45, 7) is 0. The molecule has 2 aliphatic carbocycles. The number of fused-ring (bicyclic) bond motifs is 2. The Morgan fingerprint density at radius 3 is 3.05 bits per heavy atom. The van der Waals surface area contributed by atoms with Crippen LogP contribution in [0.1, 0.15) is 18.4 Å². The quantitative estimate of drug-likeness (QED) is 0.381. The van der Waals surface area contributed by atoms with E-state index in [1.807, 2.05) is 12.1 Å². The largest absolute Gasteiger partial charge is 0.358 e. The first-order valence-corrected chi connectivity index (χ1v) is 6.90. The number of aromatic nitrogens is 1. The normalized spacial score (nSPS) is 27.9. The molecule has 2 aliphatic rings. The number of thiocarbonyl (C=S) groups is 1. The number of hydrazone groups is 1. The van der Waals surface area contributed by atoms with E-state index in [1.54, 1.807) is 18.6 Å². The molecular formula is C14H16N4S. The summed E-state index contributed by atoms with van der Waals surface area (Å²) in [5.74, 6) is 1.37. The van der Waals surface area contributed by atoms with Gasteiger partial charge in [-0.3, -0.25) is 10.4 Å². The maximum Gasteiger partial charge on any atom is 0.187 e. The summed E-state index contributed by atoms with van der Waals surface area (Å²) in [4.78, 5) is 4.02. The molecule has 1 heterocycles. The second-order valence-corrected chi connectivity index (χ2v) is 5.42. The molecule has 2 bridgehead atoms. The Morgan fingerprint density at radius 1 is 1.42 bits per heavy atom. The minimum atomic E-state index is 0.462. The van der Waals surface area contributed by atoms with Crippen molar-refractivity contribution in [2.75, 3.05) is 0 Å². The van der Waals surface area contributed by atoms with Crippen molar-refractivity contribution in [1.82, 2.24) is 15.7 Å². The highest BCUT2D eigenvalue weighted by Crippen LogP contribution is 2.38. The zero-order chi connectivity index (χ0) is 13.1. The maximum atomic E-state index is 5.25. The molecule has 19 heavy (non-hydrogen) atoms. The fraction of sp³-hybridized carbons (Fsp3) is 0.357. The molecule has 1 aromatic rings. The van der Waals surface area contributed by atoms with E-state index in [1.165, 1.54) is 12.8 Å². The highest BCUT2D eigenvalue weighted by molar-refractivity contribution is 7.80. The molecular weight excluding hydrogens is 256 g/mol. The first kappa shape index (κ1) is 12.3. The summed E-state index contributed by atoms with van der Waals surface area (Å²) < 4.78 is 0. The average molecular weight is 272 g/mol. The van der Waals surface area contributed by atoms with E-state index in [0.717, 1.165) is 11.5 Å². The predicted octanol–water partition coefficient (Wildman–Crippen LogP) is 1.84. The van der Waals surface area contributed by atoms with Gasteiger partial charge in [-0.25, -0.2) is 0 Å². The fourth-order valence-corrected chi connectivity index (χ4v) is 2.97. The number of allylic oxidation sites excluding steroid dienone is 1. The van der Waals surface area contributed by atoms with Gasteiger partial charge in [0.1, 0.15) is 0 Å². The maximum absolute atomic E-state index is 5.25. The van der Waals surface area contributed by atoms with Gasteiger partial charge in [0.2, 0.25) is 0 Å². The van der Waals surface area contributed by atoms with Crippen LogP contribution in [0.5, 0.6) is 0 Å². The Labute approximate surface area is 118 Å². The van der Waals surface area contributed by atoms with Crippen molar-refractivity contribution in [2.45, 2.75) is 18.9 Å².